The predicted octanol–water partition coefficient (Wildman–Crippen LogP) is 1.26. The molecule has 0 amide bonds. The third kappa shape index (κ3) is 3.36. The third-order valence-corrected chi connectivity index (χ3v) is 2.53. The quantitative estimate of drug-likeness (QED) is 0.613. The lowest BCUT2D eigenvalue weighted by molar-refractivity contribution is -0.491. The Labute approximate surface area is 110 Å². The molecule has 0 aliphatic heterocycles. The van der Waals surface area contributed by atoms with Gasteiger partial charge in [-0.1, -0.05) is 11.6 Å². The molecule has 1 atom stereocenters. The molecule has 1 unspecified atom stereocenters. The number of carbonyl (C=O) groups is 1. The molecule has 102 valence electrons. The van der Waals surface area contributed by atoms with Gasteiger partial charge in [0, 0.05) is 16.6 Å². The summed E-state index contributed by atoms with van der Waals surface area (Å²) < 4.78 is 0. The molecule has 0 aliphatic rings. The van der Waals surface area contributed by atoms with E-state index >= 15 is 0 Å². The van der Waals surface area contributed by atoms with Gasteiger partial charge < -0.3 is 10.2 Å². The number of hydrogen-bond acceptors (Lipinski definition) is 6. The number of rotatable bonds is 5. The number of aliphatic hydroxyl groups is 1. The van der Waals surface area contributed by atoms with Gasteiger partial charge in [0.1, 0.15) is 11.1 Å². The monoisotopic (exact) mass is 290 g/mol. The van der Waals surface area contributed by atoms with Crippen LogP contribution < -0.4 is 0 Å². The second-order valence-corrected chi connectivity index (χ2v) is 3.89. The molecule has 9 nitrogen and oxygen atoms in total. The molecule has 0 heterocycles. The van der Waals surface area contributed by atoms with Gasteiger partial charge in [-0.25, -0.2) is 4.79 Å². The van der Waals surface area contributed by atoms with Crippen LogP contribution in [0.4, 0.5) is 5.69 Å². The van der Waals surface area contributed by atoms with Crippen LogP contribution in [0.2, 0.25) is 5.02 Å². The van der Waals surface area contributed by atoms with E-state index in [0.29, 0.717) is 0 Å². The van der Waals surface area contributed by atoms with Crippen LogP contribution in [0.3, 0.4) is 0 Å². The predicted molar refractivity (Wildman–Crippen MR) is 61.9 cm³/mol. The van der Waals surface area contributed by atoms with Gasteiger partial charge in [-0.05, 0) is 6.07 Å². The Morgan fingerprint density at radius 3 is 2.37 bits per heavy atom. The number of carboxylic acid groups (broad SMARTS) is 1. The van der Waals surface area contributed by atoms with Crippen molar-refractivity contribution in [2.75, 3.05) is 6.54 Å². The van der Waals surface area contributed by atoms with E-state index in [4.69, 9.17) is 16.7 Å². The Hall–Kier alpha value is -2.26. The zero-order valence-electron chi connectivity index (χ0n) is 9.15. The van der Waals surface area contributed by atoms with Crippen molar-refractivity contribution in [3.8, 4) is 0 Å². The average Bonchev–Trinajstić information content (AvgIpc) is 2.26. The van der Waals surface area contributed by atoms with Gasteiger partial charge in [0.2, 0.25) is 6.54 Å². The first-order valence-corrected chi connectivity index (χ1v) is 5.12. The van der Waals surface area contributed by atoms with Crippen molar-refractivity contribution >= 4 is 23.3 Å². The van der Waals surface area contributed by atoms with Crippen molar-refractivity contribution in [1.29, 1.82) is 0 Å². The Kier molecular flexibility index (Phi) is 4.35. The van der Waals surface area contributed by atoms with Crippen molar-refractivity contribution in [2.24, 2.45) is 0 Å². The van der Waals surface area contributed by atoms with Gasteiger partial charge in [0.15, 0.2) is 0 Å². The molecule has 1 rings (SSSR count). The van der Waals surface area contributed by atoms with E-state index < -0.39 is 50.3 Å². The number of aromatic carboxylic acids is 1. The van der Waals surface area contributed by atoms with Crippen molar-refractivity contribution in [2.45, 2.75) is 6.10 Å². The second-order valence-electron chi connectivity index (χ2n) is 3.48. The molecule has 0 saturated carbocycles. The van der Waals surface area contributed by atoms with Crippen LogP contribution in [0.5, 0.6) is 0 Å². The van der Waals surface area contributed by atoms with Gasteiger partial charge in [-0.15, -0.1) is 0 Å². The number of nitrogens with zero attached hydrogens (tertiary/aromatic N) is 2. The first kappa shape index (κ1) is 14.8. The van der Waals surface area contributed by atoms with Gasteiger partial charge >= 0.3 is 5.97 Å². The number of nitro benzene ring substituents is 1. The van der Waals surface area contributed by atoms with Gasteiger partial charge in [-0.3, -0.25) is 20.2 Å². The highest BCUT2D eigenvalue weighted by Gasteiger charge is 2.26. The highest BCUT2D eigenvalue weighted by molar-refractivity contribution is 6.33. The fraction of sp³-hybridized carbons (Fsp3) is 0.222. The first-order chi connectivity index (χ1) is 8.73. The molecule has 1 aromatic carbocycles. The molecule has 0 aromatic heterocycles. The van der Waals surface area contributed by atoms with Crippen molar-refractivity contribution < 1.29 is 24.9 Å². The van der Waals surface area contributed by atoms with Crippen LogP contribution in [0, 0.1) is 20.2 Å². The highest BCUT2D eigenvalue weighted by atomic mass is 35.5. The van der Waals surface area contributed by atoms with Crippen molar-refractivity contribution in [3.05, 3.63) is 48.5 Å². The topological polar surface area (TPSA) is 144 Å². The molecule has 1 aromatic rings. The summed E-state index contributed by atoms with van der Waals surface area (Å²) >= 11 is 5.53. The van der Waals surface area contributed by atoms with Gasteiger partial charge in [-0.2, -0.15) is 0 Å². The molecular weight excluding hydrogens is 284 g/mol. The zero-order valence-corrected chi connectivity index (χ0v) is 9.90. The van der Waals surface area contributed by atoms with E-state index in [2.05, 4.69) is 0 Å². The smallest absolute Gasteiger partial charge is 0.336 e. The maximum atomic E-state index is 10.9. The number of halogens is 1. The van der Waals surface area contributed by atoms with Gasteiger partial charge in [0.05, 0.1) is 10.5 Å². The standard InChI is InChI=1S/C9H7ClN2O7/c10-6-1-5(9(14)15)4(2-7(6)12(18)19)8(13)3-11(16)17/h1-2,8,13H,3H2,(H,14,15). The number of carboxylic acids is 1. The van der Waals surface area contributed by atoms with Crippen LogP contribution in [0.15, 0.2) is 12.1 Å². The van der Waals surface area contributed by atoms with E-state index in [-0.39, 0.29) is 0 Å². The largest absolute Gasteiger partial charge is 0.478 e. The average molecular weight is 291 g/mol. The molecule has 10 heteroatoms. The second kappa shape index (κ2) is 5.59. The van der Waals surface area contributed by atoms with E-state index in [1.54, 1.807) is 0 Å². The fourth-order valence-electron chi connectivity index (χ4n) is 1.42. The Balaban J connectivity index is 3.41. The van der Waals surface area contributed by atoms with Crippen LogP contribution in [-0.2, 0) is 0 Å². The minimum absolute atomic E-state index is 0.430. The summed E-state index contributed by atoms with van der Waals surface area (Å²) in [5.74, 6) is -1.51. The normalized spacial score (nSPS) is 11.9. The van der Waals surface area contributed by atoms with E-state index in [9.17, 15) is 30.1 Å². The molecule has 19 heavy (non-hydrogen) atoms. The van der Waals surface area contributed by atoms with E-state index in [0.717, 1.165) is 12.1 Å². The van der Waals surface area contributed by atoms with Crippen LogP contribution in [0.25, 0.3) is 0 Å². The van der Waals surface area contributed by atoms with E-state index in [1.165, 1.54) is 0 Å². The van der Waals surface area contributed by atoms with Crippen LogP contribution in [0.1, 0.15) is 22.0 Å². The summed E-state index contributed by atoms with van der Waals surface area (Å²) in [7, 11) is 0. The molecule has 0 fully saturated rings. The van der Waals surface area contributed by atoms with Crippen LogP contribution >= 0.6 is 11.6 Å². The maximum absolute atomic E-state index is 10.9. The summed E-state index contributed by atoms with van der Waals surface area (Å²) in [6, 6.07) is 1.50. The maximum Gasteiger partial charge on any atom is 0.336 e. The lowest BCUT2D eigenvalue weighted by atomic mass is 10.0. The molecule has 0 aliphatic carbocycles. The Morgan fingerprint density at radius 1 is 1.37 bits per heavy atom. The minimum atomic E-state index is -1.78. The van der Waals surface area contributed by atoms with Gasteiger partial charge in [0.25, 0.3) is 5.69 Å². The van der Waals surface area contributed by atoms with Crippen LogP contribution in [-0.4, -0.2) is 32.6 Å². The molecular formula is C9H7ClN2O7. The van der Waals surface area contributed by atoms with E-state index in [1.807, 2.05) is 0 Å². The molecule has 2 N–H and O–H groups in total. The SMILES string of the molecule is O=C(O)c1cc(Cl)c([N+](=O)[O-])cc1C(O)C[N+](=O)[O-]. The number of nitro groups is 2. The summed E-state index contributed by atoms with van der Waals surface area (Å²) in [5, 5.41) is 39.0. The summed E-state index contributed by atoms with van der Waals surface area (Å²) in [5.41, 5.74) is -1.59. The highest BCUT2D eigenvalue weighted by Crippen LogP contribution is 2.31. The van der Waals surface area contributed by atoms with Crippen molar-refractivity contribution in [3.63, 3.8) is 0 Å². The summed E-state index contributed by atoms with van der Waals surface area (Å²) in [4.78, 5) is 30.1. The Morgan fingerprint density at radius 2 is 1.95 bits per heavy atom. The summed E-state index contributed by atoms with van der Waals surface area (Å²) in [6.07, 6.45) is -1.78. The molecule has 0 saturated heterocycles. The Bertz CT molecular complexity index is 560. The molecule has 0 spiro atoms. The number of hydrogen-bond donors (Lipinski definition) is 2. The fourth-order valence-corrected chi connectivity index (χ4v) is 1.65. The minimum Gasteiger partial charge on any atom is -0.478 e. The number of aliphatic hydroxyl groups excluding tert-OH is 1. The third-order valence-electron chi connectivity index (χ3n) is 2.23. The number of benzene rings is 1. The summed E-state index contributed by atoms with van der Waals surface area (Å²) in [6.45, 7) is -0.973. The first-order valence-electron chi connectivity index (χ1n) is 4.75. The zero-order chi connectivity index (χ0) is 14.7. The molecule has 0 radical (unpaired) electrons. The molecule has 0 bridgehead atoms. The lowest BCUT2D eigenvalue weighted by Gasteiger charge is -2.10. The van der Waals surface area contributed by atoms with Crippen molar-refractivity contribution in [1.82, 2.24) is 0 Å². The lowest BCUT2D eigenvalue weighted by Crippen LogP contribution is -2.16.